The number of hydrogen-bond donors (Lipinski definition) is 1. The van der Waals surface area contributed by atoms with Crippen molar-refractivity contribution in [1.29, 1.82) is 0 Å². The van der Waals surface area contributed by atoms with E-state index in [9.17, 15) is 9.59 Å². The van der Waals surface area contributed by atoms with Gasteiger partial charge in [0.25, 0.3) is 11.8 Å². The van der Waals surface area contributed by atoms with Crippen LogP contribution >= 0.6 is 0 Å². The van der Waals surface area contributed by atoms with Crippen molar-refractivity contribution in [3.8, 4) is 5.75 Å². The number of fused-ring (bicyclic) bond motifs is 2. The van der Waals surface area contributed by atoms with Crippen LogP contribution in [0.4, 0.5) is 0 Å². The summed E-state index contributed by atoms with van der Waals surface area (Å²) in [6.07, 6.45) is 8.93. The number of ether oxygens (including phenoxy) is 1. The number of para-hydroxylation sites is 1. The van der Waals surface area contributed by atoms with Gasteiger partial charge in [0, 0.05) is 25.8 Å². The van der Waals surface area contributed by atoms with E-state index in [1.54, 1.807) is 4.90 Å². The molecular formula is C26H36N4O3. The van der Waals surface area contributed by atoms with E-state index >= 15 is 0 Å². The predicted molar refractivity (Wildman–Crippen MR) is 128 cm³/mol. The second-order valence-electron chi connectivity index (χ2n) is 9.43. The maximum absolute atomic E-state index is 13.5. The molecule has 2 atom stereocenters. The molecule has 0 saturated heterocycles. The van der Waals surface area contributed by atoms with Crippen LogP contribution < -0.4 is 4.74 Å². The van der Waals surface area contributed by atoms with Crippen LogP contribution in [0.5, 0.6) is 5.75 Å². The van der Waals surface area contributed by atoms with Crippen molar-refractivity contribution >= 4 is 11.8 Å². The van der Waals surface area contributed by atoms with Gasteiger partial charge in [0.15, 0.2) is 0 Å². The molecule has 4 rings (SSSR count). The Morgan fingerprint density at radius 3 is 2.55 bits per heavy atom. The van der Waals surface area contributed by atoms with Crippen molar-refractivity contribution in [3.63, 3.8) is 0 Å². The van der Waals surface area contributed by atoms with Crippen LogP contribution in [0.2, 0.25) is 0 Å². The number of hydrogen-bond acceptors (Lipinski definition) is 4. The number of amides is 2. The number of nitrogens with zero attached hydrogens (tertiary/aromatic N) is 3. The standard InChI is InChI=1S/C26H36N4O3/c1-19-18-21(28-27-19)26(32)30-17-11-5-3-4-10-16-29(2)25(31)20-12-6-8-14-23(20)33-24-15-9-7-13-22(24)30/h6,8,12,14,18,22,24H,3-5,7,9-11,13,15-17H2,1-2H3,(H,27,28)/t22-,24+/m1/s1. The fraction of sp³-hybridized carbons (Fsp3) is 0.577. The largest absolute Gasteiger partial charge is 0.487 e. The summed E-state index contributed by atoms with van der Waals surface area (Å²) in [6, 6.07) is 9.31. The second-order valence-corrected chi connectivity index (χ2v) is 9.43. The third-order valence-corrected chi connectivity index (χ3v) is 6.89. The molecule has 1 aliphatic heterocycles. The van der Waals surface area contributed by atoms with E-state index in [0.29, 0.717) is 23.6 Å². The van der Waals surface area contributed by atoms with Gasteiger partial charge < -0.3 is 14.5 Å². The summed E-state index contributed by atoms with van der Waals surface area (Å²) in [6.45, 7) is 3.35. The summed E-state index contributed by atoms with van der Waals surface area (Å²) in [5.74, 6) is 0.574. The van der Waals surface area contributed by atoms with Crippen molar-refractivity contribution in [1.82, 2.24) is 20.0 Å². The highest BCUT2D eigenvalue weighted by Gasteiger charge is 2.36. The molecule has 0 radical (unpaired) electrons. The Kier molecular flexibility index (Phi) is 7.68. The number of aryl methyl sites for hydroxylation is 1. The van der Waals surface area contributed by atoms with Gasteiger partial charge >= 0.3 is 0 Å². The average molecular weight is 453 g/mol. The number of nitrogens with one attached hydrogen (secondary N) is 1. The van der Waals surface area contributed by atoms with Crippen molar-refractivity contribution in [3.05, 3.63) is 47.3 Å². The number of H-pyrrole nitrogens is 1. The third kappa shape index (κ3) is 5.57. The maximum atomic E-state index is 13.5. The average Bonchev–Trinajstić information content (AvgIpc) is 3.26. The fourth-order valence-electron chi connectivity index (χ4n) is 5.04. The highest BCUT2D eigenvalue weighted by atomic mass is 16.5. The Bertz CT molecular complexity index is 957. The number of benzene rings is 1. The van der Waals surface area contributed by atoms with Gasteiger partial charge in [-0.1, -0.05) is 37.8 Å². The molecule has 2 aromatic rings. The molecule has 0 unspecified atom stereocenters. The molecule has 1 N–H and O–H groups in total. The van der Waals surface area contributed by atoms with Crippen LogP contribution in [-0.2, 0) is 0 Å². The molecule has 7 heteroatoms. The van der Waals surface area contributed by atoms with Crippen LogP contribution in [0.3, 0.4) is 0 Å². The first-order chi connectivity index (χ1) is 16.0. The summed E-state index contributed by atoms with van der Waals surface area (Å²) in [4.78, 5) is 30.5. The zero-order chi connectivity index (χ0) is 23.2. The summed E-state index contributed by atoms with van der Waals surface area (Å²) < 4.78 is 6.55. The summed E-state index contributed by atoms with van der Waals surface area (Å²) in [5, 5.41) is 7.15. The first kappa shape index (κ1) is 23.3. The second kappa shape index (κ2) is 10.9. The highest BCUT2D eigenvalue weighted by Crippen LogP contribution is 2.31. The first-order valence-electron chi connectivity index (χ1n) is 12.4. The minimum Gasteiger partial charge on any atom is -0.487 e. The van der Waals surface area contributed by atoms with Crippen molar-refractivity contribution in [2.75, 3.05) is 20.1 Å². The molecule has 1 aromatic heterocycles. The molecular weight excluding hydrogens is 416 g/mol. The molecule has 178 valence electrons. The first-order valence-corrected chi connectivity index (χ1v) is 12.4. The predicted octanol–water partition coefficient (Wildman–Crippen LogP) is 4.59. The zero-order valence-corrected chi connectivity index (χ0v) is 19.9. The molecule has 1 fully saturated rings. The molecule has 7 nitrogen and oxygen atoms in total. The van der Waals surface area contributed by atoms with Crippen molar-refractivity contribution in [2.45, 2.75) is 76.9 Å². The third-order valence-electron chi connectivity index (χ3n) is 6.89. The number of carbonyl (C=O) groups is 2. The maximum Gasteiger partial charge on any atom is 0.274 e. The Balaban J connectivity index is 1.66. The molecule has 2 amide bonds. The van der Waals surface area contributed by atoms with E-state index in [2.05, 4.69) is 10.2 Å². The SMILES string of the molecule is Cc1cc(C(=O)N2CCCCCCCN(C)C(=O)c3ccccc3O[C@H]3CCCC[C@H]32)n[nH]1. The Morgan fingerprint density at radius 2 is 1.76 bits per heavy atom. The smallest absolute Gasteiger partial charge is 0.274 e. The molecule has 1 saturated carbocycles. The van der Waals surface area contributed by atoms with Crippen molar-refractivity contribution in [2.24, 2.45) is 0 Å². The lowest BCUT2D eigenvalue weighted by molar-refractivity contribution is 0.0266. The normalized spacial score (nSPS) is 23.0. The van der Waals surface area contributed by atoms with Gasteiger partial charge in [-0.15, -0.1) is 0 Å². The van der Waals surface area contributed by atoms with Crippen molar-refractivity contribution < 1.29 is 14.3 Å². The number of aromatic nitrogens is 2. The minimum atomic E-state index is -0.146. The lowest BCUT2D eigenvalue weighted by Gasteiger charge is -2.40. The lowest BCUT2D eigenvalue weighted by atomic mass is 9.90. The molecule has 0 spiro atoms. The van der Waals surface area contributed by atoms with E-state index in [4.69, 9.17) is 4.74 Å². The molecule has 33 heavy (non-hydrogen) atoms. The number of rotatable bonds is 1. The molecule has 1 aromatic carbocycles. The molecule has 2 aliphatic rings. The van der Waals surface area contributed by atoms with Gasteiger partial charge in [0.05, 0.1) is 11.6 Å². The van der Waals surface area contributed by atoms with E-state index in [-0.39, 0.29) is 24.0 Å². The monoisotopic (exact) mass is 452 g/mol. The number of carbonyl (C=O) groups excluding carboxylic acids is 2. The van der Waals surface area contributed by atoms with Gasteiger partial charge in [0.1, 0.15) is 17.5 Å². The van der Waals surface area contributed by atoms with Gasteiger partial charge in [-0.3, -0.25) is 14.7 Å². The zero-order valence-electron chi connectivity index (χ0n) is 19.9. The Labute approximate surface area is 196 Å². The van der Waals surface area contributed by atoms with Crippen LogP contribution in [0.15, 0.2) is 30.3 Å². The van der Waals surface area contributed by atoms with Crippen LogP contribution in [0, 0.1) is 6.92 Å². The summed E-state index contributed by atoms with van der Waals surface area (Å²) in [5.41, 5.74) is 1.94. The quantitative estimate of drug-likeness (QED) is 0.687. The van der Waals surface area contributed by atoms with E-state index in [0.717, 1.165) is 70.0 Å². The van der Waals surface area contributed by atoms with E-state index in [1.165, 1.54) is 0 Å². The summed E-state index contributed by atoms with van der Waals surface area (Å²) in [7, 11) is 1.87. The van der Waals surface area contributed by atoms with Gasteiger partial charge in [-0.2, -0.15) is 5.10 Å². The van der Waals surface area contributed by atoms with Gasteiger partial charge in [-0.05, 0) is 57.2 Å². The topological polar surface area (TPSA) is 78.5 Å². The molecule has 0 bridgehead atoms. The van der Waals surface area contributed by atoms with Crippen LogP contribution in [0.25, 0.3) is 0 Å². The Morgan fingerprint density at radius 1 is 1.03 bits per heavy atom. The minimum absolute atomic E-state index is 0.00670. The van der Waals surface area contributed by atoms with Gasteiger partial charge in [0.2, 0.25) is 0 Å². The number of aromatic amines is 1. The molecule has 2 heterocycles. The van der Waals surface area contributed by atoms with E-state index in [1.807, 2.05) is 49.2 Å². The fourth-order valence-corrected chi connectivity index (χ4v) is 5.04. The van der Waals surface area contributed by atoms with Crippen LogP contribution in [-0.4, -0.2) is 64.1 Å². The van der Waals surface area contributed by atoms with E-state index < -0.39 is 0 Å². The van der Waals surface area contributed by atoms with Gasteiger partial charge in [-0.25, -0.2) is 0 Å². The summed E-state index contributed by atoms with van der Waals surface area (Å²) >= 11 is 0. The Hall–Kier alpha value is -2.83. The highest BCUT2D eigenvalue weighted by molar-refractivity contribution is 5.96. The molecule has 1 aliphatic carbocycles. The lowest BCUT2D eigenvalue weighted by Crippen LogP contribution is -2.51. The van der Waals surface area contributed by atoms with Crippen LogP contribution in [0.1, 0.15) is 84.3 Å².